The van der Waals surface area contributed by atoms with Crippen LogP contribution in [0, 0.1) is 5.82 Å². The smallest absolute Gasteiger partial charge is 0.258 e. The Morgan fingerprint density at radius 1 is 1.06 bits per heavy atom. The number of likely N-dealkylation sites (tertiary alicyclic amines) is 1. The molecule has 1 aliphatic heterocycles. The number of aromatic amines is 1. The van der Waals surface area contributed by atoms with Gasteiger partial charge in [0.05, 0.1) is 11.3 Å². The van der Waals surface area contributed by atoms with E-state index in [0.29, 0.717) is 22.4 Å². The second kappa shape index (κ2) is 10.0. The van der Waals surface area contributed by atoms with E-state index in [1.165, 1.54) is 24.1 Å². The molecule has 1 aliphatic rings. The maximum Gasteiger partial charge on any atom is 0.258 e. The Morgan fingerprint density at radius 2 is 1.78 bits per heavy atom. The van der Waals surface area contributed by atoms with Gasteiger partial charge in [-0.3, -0.25) is 19.7 Å². The molecule has 1 aromatic heterocycles. The molecular formula is C29H29FN4O2. The van der Waals surface area contributed by atoms with Crippen LogP contribution >= 0.6 is 0 Å². The van der Waals surface area contributed by atoms with Gasteiger partial charge in [-0.2, -0.15) is 0 Å². The third kappa shape index (κ3) is 5.08. The van der Waals surface area contributed by atoms with Gasteiger partial charge in [-0.15, -0.1) is 0 Å². The van der Waals surface area contributed by atoms with Crippen molar-refractivity contribution in [2.24, 2.45) is 4.99 Å². The molecule has 0 amide bonds. The SMILES string of the molecule is CN(C)C1CCN(Cc2ccc(N=Cc3c(O)[nH]c(=O)c4ccc(-c5ccc(F)cc5)cc34)cc2)C1. The van der Waals surface area contributed by atoms with Crippen LogP contribution in [0.2, 0.25) is 0 Å². The predicted octanol–water partition coefficient (Wildman–Crippen LogP) is 4.93. The Morgan fingerprint density at radius 3 is 2.47 bits per heavy atom. The van der Waals surface area contributed by atoms with Crippen molar-refractivity contribution in [3.05, 3.63) is 94.0 Å². The lowest BCUT2D eigenvalue weighted by molar-refractivity contribution is 0.264. The topological polar surface area (TPSA) is 71.9 Å². The van der Waals surface area contributed by atoms with Crippen molar-refractivity contribution in [3.8, 4) is 17.0 Å². The summed E-state index contributed by atoms with van der Waals surface area (Å²) in [5, 5.41) is 11.5. The van der Waals surface area contributed by atoms with Crippen LogP contribution in [0.3, 0.4) is 0 Å². The summed E-state index contributed by atoms with van der Waals surface area (Å²) >= 11 is 0. The van der Waals surface area contributed by atoms with E-state index in [9.17, 15) is 14.3 Å². The quantitative estimate of drug-likeness (QED) is 0.381. The largest absolute Gasteiger partial charge is 0.494 e. The first kappa shape index (κ1) is 23.9. The molecular weight excluding hydrogens is 455 g/mol. The van der Waals surface area contributed by atoms with Gasteiger partial charge in [-0.1, -0.05) is 30.3 Å². The fraction of sp³-hybridized carbons (Fsp3) is 0.241. The Kier molecular flexibility index (Phi) is 6.67. The molecule has 184 valence electrons. The average Bonchev–Trinajstić information content (AvgIpc) is 3.34. The molecule has 3 aromatic carbocycles. The zero-order valence-corrected chi connectivity index (χ0v) is 20.4. The minimum Gasteiger partial charge on any atom is -0.494 e. The summed E-state index contributed by atoms with van der Waals surface area (Å²) in [5.74, 6) is -0.556. The third-order valence-corrected chi connectivity index (χ3v) is 6.88. The first-order valence-corrected chi connectivity index (χ1v) is 12.0. The van der Waals surface area contributed by atoms with E-state index < -0.39 is 0 Å². The Bertz CT molecular complexity index is 1460. The standard InChI is InChI=1S/C29H29FN4O2/c1-33(2)24-13-14-34(18-24)17-19-3-10-23(11-4-19)31-16-27-26-15-21(20-5-8-22(30)9-6-20)7-12-25(26)28(35)32-29(27)36/h3-12,15-16,24H,13-14,17-18H2,1-2H3,(H2,32,35,36). The van der Waals surface area contributed by atoms with E-state index in [-0.39, 0.29) is 17.3 Å². The van der Waals surface area contributed by atoms with E-state index in [0.717, 1.165) is 36.4 Å². The average molecular weight is 485 g/mol. The number of rotatable bonds is 6. The molecule has 6 nitrogen and oxygen atoms in total. The summed E-state index contributed by atoms with van der Waals surface area (Å²) in [6, 6.07) is 20.2. The van der Waals surface area contributed by atoms with Crippen molar-refractivity contribution < 1.29 is 9.50 Å². The number of aromatic nitrogens is 1. The molecule has 1 atom stereocenters. The van der Waals surface area contributed by atoms with Gasteiger partial charge in [-0.25, -0.2) is 4.39 Å². The number of benzene rings is 3. The summed E-state index contributed by atoms with van der Waals surface area (Å²) in [6.45, 7) is 3.08. The summed E-state index contributed by atoms with van der Waals surface area (Å²) in [6.07, 6.45) is 2.76. The van der Waals surface area contributed by atoms with Gasteiger partial charge < -0.3 is 10.0 Å². The number of nitrogens with one attached hydrogen (secondary N) is 1. The lowest BCUT2D eigenvalue weighted by atomic mass is 9.99. The van der Waals surface area contributed by atoms with Crippen LogP contribution in [-0.2, 0) is 6.54 Å². The first-order chi connectivity index (χ1) is 17.4. The number of pyridine rings is 1. The van der Waals surface area contributed by atoms with Gasteiger partial charge in [0, 0.05) is 42.7 Å². The third-order valence-electron chi connectivity index (χ3n) is 6.88. The van der Waals surface area contributed by atoms with Crippen LogP contribution in [0.15, 0.2) is 76.5 Å². The molecule has 7 heteroatoms. The number of hydrogen-bond donors (Lipinski definition) is 2. The molecule has 5 rings (SSSR count). The van der Waals surface area contributed by atoms with Crippen molar-refractivity contribution in [2.45, 2.75) is 19.0 Å². The molecule has 4 aromatic rings. The number of halogens is 1. The van der Waals surface area contributed by atoms with Gasteiger partial charge in [-0.05, 0) is 73.6 Å². The van der Waals surface area contributed by atoms with Crippen molar-refractivity contribution >= 4 is 22.7 Å². The van der Waals surface area contributed by atoms with Crippen LogP contribution in [0.4, 0.5) is 10.1 Å². The molecule has 2 N–H and O–H groups in total. The zero-order valence-electron chi connectivity index (χ0n) is 20.4. The number of likely N-dealkylation sites (N-methyl/N-ethyl adjacent to an activating group) is 1. The van der Waals surface area contributed by atoms with Crippen molar-refractivity contribution in [3.63, 3.8) is 0 Å². The number of hydrogen-bond acceptors (Lipinski definition) is 5. The highest BCUT2D eigenvalue weighted by Crippen LogP contribution is 2.28. The molecule has 2 heterocycles. The van der Waals surface area contributed by atoms with E-state index in [2.05, 4.69) is 46.0 Å². The maximum absolute atomic E-state index is 13.4. The fourth-order valence-corrected chi connectivity index (χ4v) is 4.75. The van der Waals surface area contributed by atoms with Crippen LogP contribution < -0.4 is 5.56 Å². The van der Waals surface area contributed by atoms with Gasteiger partial charge in [0.15, 0.2) is 0 Å². The van der Waals surface area contributed by atoms with E-state index in [4.69, 9.17) is 0 Å². The molecule has 0 spiro atoms. The summed E-state index contributed by atoms with van der Waals surface area (Å²) < 4.78 is 13.4. The van der Waals surface area contributed by atoms with E-state index in [1.54, 1.807) is 24.4 Å². The number of H-pyrrole nitrogens is 1. The first-order valence-electron chi connectivity index (χ1n) is 12.0. The lowest BCUT2D eigenvalue weighted by Crippen LogP contribution is -2.31. The minimum atomic E-state index is -0.381. The second-order valence-electron chi connectivity index (χ2n) is 9.55. The highest BCUT2D eigenvalue weighted by Gasteiger charge is 2.23. The molecule has 1 saturated heterocycles. The molecule has 1 fully saturated rings. The van der Waals surface area contributed by atoms with E-state index in [1.807, 2.05) is 24.3 Å². The number of fused-ring (bicyclic) bond motifs is 1. The van der Waals surface area contributed by atoms with Gasteiger partial charge >= 0.3 is 0 Å². The number of aliphatic imine (C=N–C) groups is 1. The van der Waals surface area contributed by atoms with Crippen LogP contribution in [-0.4, -0.2) is 59.3 Å². The van der Waals surface area contributed by atoms with E-state index >= 15 is 0 Å². The molecule has 0 saturated carbocycles. The van der Waals surface area contributed by atoms with Crippen LogP contribution in [0.25, 0.3) is 21.9 Å². The highest BCUT2D eigenvalue weighted by atomic mass is 19.1. The van der Waals surface area contributed by atoms with Crippen molar-refractivity contribution in [2.75, 3.05) is 27.2 Å². The lowest BCUT2D eigenvalue weighted by Gasteiger charge is -2.20. The highest BCUT2D eigenvalue weighted by molar-refractivity contribution is 6.03. The summed E-state index contributed by atoms with van der Waals surface area (Å²) in [5.41, 5.74) is 3.64. The molecule has 36 heavy (non-hydrogen) atoms. The van der Waals surface area contributed by atoms with Gasteiger partial charge in [0.1, 0.15) is 5.82 Å². The summed E-state index contributed by atoms with van der Waals surface area (Å²) in [4.78, 5) is 24.2. The second-order valence-corrected chi connectivity index (χ2v) is 9.55. The number of nitrogens with zero attached hydrogens (tertiary/aromatic N) is 3. The van der Waals surface area contributed by atoms with Crippen LogP contribution in [0.5, 0.6) is 5.88 Å². The molecule has 1 unspecified atom stereocenters. The Labute approximate surface area is 209 Å². The van der Waals surface area contributed by atoms with Crippen molar-refractivity contribution in [1.29, 1.82) is 0 Å². The zero-order chi connectivity index (χ0) is 25.2. The fourth-order valence-electron chi connectivity index (χ4n) is 4.75. The van der Waals surface area contributed by atoms with Gasteiger partial charge in [0.2, 0.25) is 5.88 Å². The molecule has 0 radical (unpaired) electrons. The molecule has 0 bridgehead atoms. The normalized spacial score (nSPS) is 16.5. The minimum absolute atomic E-state index is 0.242. The summed E-state index contributed by atoms with van der Waals surface area (Å²) in [7, 11) is 4.27. The maximum atomic E-state index is 13.4. The van der Waals surface area contributed by atoms with Crippen LogP contribution in [0.1, 0.15) is 17.5 Å². The Balaban J connectivity index is 1.39. The van der Waals surface area contributed by atoms with Crippen molar-refractivity contribution in [1.82, 2.24) is 14.8 Å². The number of aromatic hydroxyl groups is 1. The van der Waals surface area contributed by atoms with Gasteiger partial charge in [0.25, 0.3) is 5.56 Å². The monoisotopic (exact) mass is 484 g/mol. The predicted molar refractivity (Wildman–Crippen MR) is 143 cm³/mol. The Hall–Kier alpha value is -3.81. The molecule has 0 aliphatic carbocycles.